The molecule has 28 heavy (non-hydrogen) atoms. The van der Waals surface area contributed by atoms with E-state index in [1.54, 1.807) is 12.0 Å². The Bertz CT molecular complexity index is 847. The fourth-order valence-corrected chi connectivity index (χ4v) is 4.04. The van der Waals surface area contributed by atoms with Crippen molar-refractivity contribution in [3.8, 4) is 5.75 Å². The van der Waals surface area contributed by atoms with Crippen molar-refractivity contribution in [1.29, 1.82) is 0 Å². The van der Waals surface area contributed by atoms with E-state index in [-0.39, 0.29) is 24.2 Å². The Morgan fingerprint density at radius 1 is 0.964 bits per heavy atom. The highest BCUT2D eigenvalue weighted by Gasteiger charge is 2.38. The number of carbonyl (C=O) groups is 2. The third-order valence-electron chi connectivity index (χ3n) is 5.56. The Balaban J connectivity index is 1.39. The monoisotopic (exact) mass is 379 g/mol. The quantitative estimate of drug-likeness (QED) is 0.819. The van der Waals surface area contributed by atoms with Crippen LogP contribution in [0.1, 0.15) is 6.42 Å². The molecule has 4 rings (SSSR count). The van der Waals surface area contributed by atoms with E-state index in [1.165, 1.54) is 5.69 Å². The Morgan fingerprint density at radius 3 is 2.36 bits per heavy atom. The molecule has 0 spiro atoms. The van der Waals surface area contributed by atoms with Gasteiger partial charge in [0, 0.05) is 44.8 Å². The van der Waals surface area contributed by atoms with Gasteiger partial charge in [-0.2, -0.15) is 0 Å². The Hall–Kier alpha value is -3.02. The van der Waals surface area contributed by atoms with Crippen LogP contribution in [0.25, 0.3) is 0 Å². The molecule has 2 heterocycles. The van der Waals surface area contributed by atoms with Crippen LogP contribution in [0.5, 0.6) is 5.75 Å². The van der Waals surface area contributed by atoms with E-state index in [0.717, 1.165) is 18.8 Å². The molecule has 1 unspecified atom stereocenters. The molecule has 2 aromatic rings. The highest BCUT2D eigenvalue weighted by molar-refractivity contribution is 6.01. The summed E-state index contributed by atoms with van der Waals surface area (Å²) in [5.41, 5.74) is 1.92. The maximum Gasteiger partial charge on any atom is 0.228 e. The number of ether oxygens (including phenoxy) is 1. The Labute approximate surface area is 165 Å². The topological polar surface area (TPSA) is 53.1 Å². The summed E-state index contributed by atoms with van der Waals surface area (Å²) in [6.07, 6.45) is 0.260. The summed E-state index contributed by atoms with van der Waals surface area (Å²) >= 11 is 0. The fraction of sp³-hybridized carbons (Fsp3) is 0.364. The van der Waals surface area contributed by atoms with Crippen LogP contribution < -0.4 is 14.5 Å². The number of benzene rings is 2. The zero-order chi connectivity index (χ0) is 19.5. The van der Waals surface area contributed by atoms with Crippen LogP contribution in [-0.4, -0.2) is 56.5 Å². The first-order valence-electron chi connectivity index (χ1n) is 9.69. The maximum absolute atomic E-state index is 13.0. The zero-order valence-corrected chi connectivity index (χ0v) is 16.1. The lowest BCUT2D eigenvalue weighted by atomic mass is 10.1. The number of amides is 2. The molecule has 2 fully saturated rings. The first-order chi connectivity index (χ1) is 13.7. The zero-order valence-electron chi connectivity index (χ0n) is 16.1. The van der Waals surface area contributed by atoms with E-state index < -0.39 is 0 Å². The number of anilines is 2. The molecule has 2 aliphatic heterocycles. The van der Waals surface area contributed by atoms with E-state index >= 15 is 0 Å². The minimum atomic E-state index is -0.291. The molecule has 6 heteroatoms. The van der Waals surface area contributed by atoms with Gasteiger partial charge in [-0.1, -0.05) is 30.3 Å². The average Bonchev–Trinajstić information content (AvgIpc) is 3.15. The number of hydrogen-bond acceptors (Lipinski definition) is 4. The van der Waals surface area contributed by atoms with E-state index in [0.29, 0.717) is 25.4 Å². The highest BCUT2D eigenvalue weighted by Crippen LogP contribution is 2.33. The molecule has 146 valence electrons. The molecule has 0 aliphatic carbocycles. The van der Waals surface area contributed by atoms with Gasteiger partial charge in [-0.15, -0.1) is 0 Å². The number of methoxy groups -OCH3 is 1. The molecule has 2 amide bonds. The van der Waals surface area contributed by atoms with Crippen molar-refractivity contribution in [2.45, 2.75) is 6.42 Å². The summed E-state index contributed by atoms with van der Waals surface area (Å²) in [5.74, 6) is 0.422. The Morgan fingerprint density at radius 2 is 1.64 bits per heavy atom. The molecular weight excluding hydrogens is 354 g/mol. The fourth-order valence-electron chi connectivity index (χ4n) is 4.04. The second-order valence-electron chi connectivity index (χ2n) is 7.23. The predicted octanol–water partition coefficient (Wildman–Crippen LogP) is 2.40. The van der Waals surface area contributed by atoms with E-state index in [9.17, 15) is 9.59 Å². The van der Waals surface area contributed by atoms with Crippen LogP contribution in [0.4, 0.5) is 11.4 Å². The molecule has 2 aliphatic rings. The number of nitrogens with zero attached hydrogens (tertiary/aromatic N) is 3. The smallest absolute Gasteiger partial charge is 0.228 e. The van der Waals surface area contributed by atoms with Crippen molar-refractivity contribution in [3.63, 3.8) is 0 Å². The molecule has 0 radical (unpaired) electrons. The highest BCUT2D eigenvalue weighted by atomic mass is 16.5. The second kappa shape index (κ2) is 7.92. The number of carbonyl (C=O) groups excluding carboxylic acids is 2. The predicted molar refractivity (Wildman–Crippen MR) is 109 cm³/mol. The molecule has 2 aromatic carbocycles. The van der Waals surface area contributed by atoms with Crippen molar-refractivity contribution >= 4 is 23.2 Å². The van der Waals surface area contributed by atoms with Gasteiger partial charge < -0.3 is 19.4 Å². The first kappa shape index (κ1) is 18.3. The molecular formula is C22H25N3O3. The normalized spacial score (nSPS) is 19.8. The number of para-hydroxylation sites is 3. The lowest BCUT2D eigenvalue weighted by Crippen LogP contribution is -2.50. The summed E-state index contributed by atoms with van der Waals surface area (Å²) in [6, 6.07) is 17.7. The lowest BCUT2D eigenvalue weighted by Gasteiger charge is -2.37. The third kappa shape index (κ3) is 3.54. The van der Waals surface area contributed by atoms with Crippen LogP contribution in [0.15, 0.2) is 54.6 Å². The summed E-state index contributed by atoms with van der Waals surface area (Å²) in [7, 11) is 1.59. The molecule has 0 aromatic heterocycles. The first-order valence-corrected chi connectivity index (χ1v) is 9.69. The lowest BCUT2D eigenvalue weighted by molar-refractivity contribution is -0.136. The largest absolute Gasteiger partial charge is 0.495 e. The van der Waals surface area contributed by atoms with Gasteiger partial charge in [-0.3, -0.25) is 9.59 Å². The molecule has 2 saturated heterocycles. The van der Waals surface area contributed by atoms with Crippen LogP contribution in [0.3, 0.4) is 0 Å². The molecule has 0 bridgehead atoms. The van der Waals surface area contributed by atoms with Gasteiger partial charge in [0.25, 0.3) is 0 Å². The van der Waals surface area contributed by atoms with Gasteiger partial charge in [0.1, 0.15) is 5.75 Å². The van der Waals surface area contributed by atoms with Crippen molar-refractivity contribution in [2.75, 3.05) is 49.6 Å². The summed E-state index contributed by atoms with van der Waals surface area (Å²) in [5, 5.41) is 0. The minimum Gasteiger partial charge on any atom is -0.495 e. The van der Waals surface area contributed by atoms with Gasteiger partial charge in [0.05, 0.1) is 18.7 Å². The SMILES string of the molecule is COc1ccccc1N1CC(C(=O)N2CCN(c3ccccc3)CC2)CC1=O. The molecule has 0 N–H and O–H groups in total. The van der Waals surface area contributed by atoms with Crippen molar-refractivity contribution in [1.82, 2.24) is 4.90 Å². The van der Waals surface area contributed by atoms with Gasteiger partial charge >= 0.3 is 0 Å². The molecule has 6 nitrogen and oxygen atoms in total. The van der Waals surface area contributed by atoms with Crippen molar-refractivity contribution in [3.05, 3.63) is 54.6 Å². The van der Waals surface area contributed by atoms with E-state index in [4.69, 9.17) is 4.74 Å². The van der Waals surface area contributed by atoms with Gasteiger partial charge in [-0.05, 0) is 24.3 Å². The van der Waals surface area contributed by atoms with Crippen molar-refractivity contribution < 1.29 is 14.3 Å². The third-order valence-corrected chi connectivity index (χ3v) is 5.56. The standard InChI is InChI=1S/C22H25N3O3/c1-28-20-10-6-5-9-19(20)25-16-17(15-21(25)26)22(27)24-13-11-23(12-14-24)18-7-3-2-4-8-18/h2-10,17H,11-16H2,1H3. The second-order valence-corrected chi connectivity index (χ2v) is 7.23. The van der Waals surface area contributed by atoms with Crippen LogP contribution in [-0.2, 0) is 9.59 Å². The van der Waals surface area contributed by atoms with Crippen LogP contribution in [0.2, 0.25) is 0 Å². The summed E-state index contributed by atoms with van der Waals surface area (Å²) in [6.45, 7) is 3.41. The number of hydrogen-bond donors (Lipinski definition) is 0. The molecule has 0 saturated carbocycles. The van der Waals surface area contributed by atoms with Crippen LogP contribution in [0, 0.1) is 5.92 Å². The maximum atomic E-state index is 13.0. The van der Waals surface area contributed by atoms with Gasteiger partial charge in [0.2, 0.25) is 11.8 Å². The van der Waals surface area contributed by atoms with E-state index in [2.05, 4.69) is 17.0 Å². The van der Waals surface area contributed by atoms with Gasteiger partial charge in [-0.25, -0.2) is 0 Å². The van der Waals surface area contributed by atoms with E-state index in [1.807, 2.05) is 47.4 Å². The summed E-state index contributed by atoms with van der Waals surface area (Å²) in [4.78, 5) is 31.5. The number of piperazine rings is 1. The van der Waals surface area contributed by atoms with Gasteiger partial charge in [0.15, 0.2) is 0 Å². The average molecular weight is 379 g/mol. The summed E-state index contributed by atoms with van der Waals surface area (Å²) < 4.78 is 5.38. The number of rotatable bonds is 4. The van der Waals surface area contributed by atoms with Crippen LogP contribution >= 0.6 is 0 Å². The molecule has 1 atom stereocenters. The minimum absolute atomic E-state index is 0.0224. The van der Waals surface area contributed by atoms with Crippen molar-refractivity contribution in [2.24, 2.45) is 5.92 Å². The Kier molecular flexibility index (Phi) is 5.19.